The predicted molar refractivity (Wildman–Crippen MR) is 156 cm³/mol. The summed E-state index contributed by atoms with van der Waals surface area (Å²) in [4.78, 5) is 28.5. The number of anilines is 1. The van der Waals surface area contributed by atoms with E-state index in [0.717, 1.165) is 32.1 Å². The van der Waals surface area contributed by atoms with E-state index in [9.17, 15) is 18.0 Å². The molecule has 0 bridgehead atoms. The topological polar surface area (TPSA) is 86.8 Å². The van der Waals surface area contributed by atoms with Gasteiger partial charge in [0.2, 0.25) is 11.8 Å². The number of amides is 2. The predicted octanol–water partition coefficient (Wildman–Crippen LogP) is 5.06. The van der Waals surface area contributed by atoms with Crippen molar-refractivity contribution in [1.82, 2.24) is 10.2 Å². The van der Waals surface area contributed by atoms with Crippen molar-refractivity contribution in [3.05, 3.63) is 94.5 Å². The Morgan fingerprint density at radius 1 is 0.795 bits per heavy atom. The zero-order valence-corrected chi connectivity index (χ0v) is 24.7. The van der Waals surface area contributed by atoms with Gasteiger partial charge in [0, 0.05) is 12.6 Å². The molecule has 0 fully saturated rings. The Balaban J connectivity index is 2.06. The number of hydrogen-bond donors (Lipinski definition) is 1. The Morgan fingerprint density at radius 2 is 1.33 bits per heavy atom. The van der Waals surface area contributed by atoms with Crippen molar-refractivity contribution in [2.45, 2.75) is 72.0 Å². The molecule has 0 unspecified atom stereocenters. The number of nitrogens with one attached hydrogen (secondary N) is 1. The quantitative estimate of drug-likeness (QED) is 0.383. The van der Waals surface area contributed by atoms with Gasteiger partial charge in [-0.05, 0) is 77.8 Å². The number of nitrogens with zero attached hydrogens (tertiary/aromatic N) is 2. The summed E-state index contributed by atoms with van der Waals surface area (Å²) < 4.78 is 29.1. The molecular formula is C31H39N3O4S. The Morgan fingerprint density at radius 3 is 1.87 bits per heavy atom. The molecular weight excluding hydrogens is 510 g/mol. The molecule has 1 atom stereocenters. The first-order valence-corrected chi connectivity index (χ1v) is 14.6. The van der Waals surface area contributed by atoms with E-state index in [1.807, 2.05) is 77.9 Å². The average molecular weight is 550 g/mol. The van der Waals surface area contributed by atoms with Gasteiger partial charge in [-0.2, -0.15) is 0 Å². The summed E-state index contributed by atoms with van der Waals surface area (Å²) in [5, 5.41) is 2.87. The molecule has 0 aliphatic heterocycles. The summed E-state index contributed by atoms with van der Waals surface area (Å²) in [6.45, 7) is 12.7. The van der Waals surface area contributed by atoms with E-state index in [2.05, 4.69) is 5.32 Å². The van der Waals surface area contributed by atoms with Crippen LogP contribution in [-0.2, 0) is 26.2 Å². The van der Waals surface area contributed by atoms with Crippen LogP contribution in [0.4, 0.5) is 5.69 Å². The van der Waals surface area contributed by atoms with Crippen LogP contribution in [0.5, 0.6) is 0 Å². The molecule has 0 saturated carbocycles. The minimum Gasteiger partial charge on any atom is -0.352 e. The van der Waals surface area contributed by atoms with Crippen molar-refractivity contribution < 1.29 is 18.0 Å². The van der Waals surface area contributed by atoms with E-state index in [1.54, 1.807) is 37.3 Å². The lowest BCUT2D eigenvalue weighted by Crippen LogP contribution is -2.52. The number of carbonyl (C=O) groups is 2. The van der Waals surface area contributed by atoms with E-state index < -0.39 is 28.5 Å². The normalized spacial score (nSPS) is 12.2. The van der Waals surface area contributed by atoms with Crippen molar-refractivity contribution in [3.8, 4) is 0 Å². The highest BCUT2D eigenvalue weighted by Gasteiger charge is 2.33. The summed E-state index contributed by atoms with van der Waals surface area (Å²) in [5.74, 6) is -0.775. The van der Waals surface area contributed by atoms with Crippen molar-refractivity contribution in [3.63, 3.8) is 0 Å². The van der Waals surface area contributed by atoms with Gasteiger partial charge in [-0.1, -0.05) is 65.2 Å². The number of hydrogen-bond acceptors (Lipinski definition) is 4. The summed E-state index contributed by atoms with van der Waals surface area (Å²) in [6, 6.07) is 18.8. The monoisotopic (exact) mass is 549 g/mol. The van der Waals surface area contributed by atoms with Crippen LogP contribution in [0.15, 0.2) is 71.6 Å². The van der Waals surface area contributed by atoms with Crippen LogP contribution >= 0.6 is 0 Å². The second-order valence-corrected chi connectivity index (χ2v) is 12.3. The highest BCUT2D eigenvalue weighted by molar-refractivity contribution is 7.92. The first kappa shape index (κ1) is 29.9. The van der Waals surface area contributed by atoms with Crippen molar-refractivity contribution in [1.29, 1.82) is 0 Å². The maximum absolute atomic E-state index is 14.0. The van der Waals surface area contributed by atoms with E-state index in [0.29, 0.717) is 5.69 Å². The summed E-state index contributed by atoms with van der Waals surface area (Å²) in [5.41, 5.74) is 4.98. The minimum absolute atomic E-state index is 0.0940. The molecule has 8 heteroatoms. The van der Waals surface area contributed by atoms with Crippen LogP contribution in [0.3, 0.4) is 0 Å². The van der Waals surface area contributed by atoms with Gasteiger partial charge in [0.25, 0.3) is 10.0 Å². The average Bonchev–Trinajstić information content (AvgIpc) is 2.86. The molecule has 0 aliphatic carbocycles. The third kappa shape index (κ3) is 7.47. The number of carbonyl (C=O) groups excluding carboxylic acids is 2. The summed E-state index contributed by atoms with van der Waals surface area (Å²) in [7, 11) is -4.09. The van der Waals surface area contributed by atoms with Gasteiger partial charge in [0.15, 0.2) is 0 Å². The Bertz CT molecular complexity index is 1420. The van der Waals surface area contributed by atoms with E-state index >= 15 is 0 Å². The second kappa shape index (κ2) is 12.5. The fraction of sp³-hybridized carbons (Fsp3) is 0.355. The van der Waals surface area contributed by atoms with Crippen molar-refractivity contribution in [2.75, 3.05) is 10.8 Å². The molecule has 7 nitrogen and oxygen atoms in total. The second-order valence-electron chi connectivity index (χ2n) is 10.5. The molecule has 0 aliphatic rings. The molecule has 0 aromatic heterocycles. The fourth-order valence-electron chi connectivity index (χ4n) is 4.31. The third-order valence-electron chi connectivity index (χ3n) is 6.58. The molecule has 0 spiro atoms. The lowest BCUT2D eigenvalue weighted by atomic mass is 10.1. The smallest absolute Gasteiger partial charge is 0.264 e. The Labute approximate surface area is 232 Å². The van der Waals surface area contributed by atoms with Gasteiger partial charge < -0.3 is 10.2 Å². The zero-order valence-electron chi connectivity index (χ0n) is 23.9. The minimum atomic E-state index is -4.09. The van der Waals surface area contributed by atoms with Gasteiger partial charge in [-0.25, -0.2) is 8.42 Å². The van der Waals surface area contributed by atoms with E-state index in [-0.39, 0.29) is 23.4 Å². The number of sulfonamides is 1. The van der Waals surface area contributed by atoms with Crippen LogP contribution < -0.4 is 9.62 Å². The highest BCUT2D eigenvalue weighted by Crippen LogP contribution is 2.28. The molecule has 39 heavy (non-hydrogen) atoms. The van der Waals surface area contributed by atoms with Crippen molar-refractivity contribution >= 4 is 27.5 Å². The molecule has 0 radical (unpaired) electrons. The van der Waals surface area contributed by atoms with Crippen LogP contribution in [0.25, 0.3) is 0 Å². The van der Waals surface area contributed by atoms with Crippen molar-refractivity contribution in [2.24, 2.45) is 0 Å². The lowest BCUT2D eigenvalue weighted by Gasteiger charge is -2.32. The number of rotatable bonds is 10. The number of aryl methyl sites for hydroxylation is 4. The standard InChI is InChI=1S/C31H39N3O4S/c1-21(2)32-31(36)26(7)33(19-27-13-8-22(3)9-14-27)30(35)20-34(29-17-12-24(5)18-25(29)6)39(37,38)28-15-10-23(4)11-16-28/h8-18,21,26H,19-20H2,1-7H3,(H,32,36)/t26-/m1/s1. The van der Waals surface area contributed by atoms with Crippen LogP contribution in [0.1, 0.15) is 48.6 Å². The molecule has 1 N–H and O–H groups in total. The number of benzene rings is 3. The van der Waals surface area contributed by atoms with E-state index in [1.165, 1.54) is 4.90 Å². The first-order valence-electron chi connectivity index (χ1n) is 13.1. The first-order chi connectivity index (χ1) is 18.3. The maximum Gasteiger partial charge on any atom is 0.264 e. The zero-order chi connectivity index (χ0) is 28.9. The van der Waals surface area contributed by atoms with Gasteiger partial charge in [-0.3, -0.25) is 13.9 Å². The maximum atomic E-state index is 14.0. The Hall–Kier alpha value is -3.65. The van der Waals surface area contributed by atoms with Crippen LogP contribution in [-0.4, -0.2) is 43.8 Å². The Kier molecular flexibility index (Phi) is 9.56. The van der Waals surface area contributed by atoms with Crippen LogP contribution in [0.2, 0.25) is 0 Å². The SMILES string of the molecule is Cc1ccc(CN(C(=O)CN(c2ccc(C)cc2C)S(=O)(=O)c2ccc(C)cc2)[C@H](C)C(=O)NC(C)C)cc1. The molecule has 3 aromatic rings. The molecule has 3 rings (SSSR count). The molecule has 3 aromatic carbocycles. The molecule has 208 valence electrons. The van der Waals surface area contributed by atoms with Crippen LogP contribution in [0, 0.1) is 27.7 Å². The van der Waals surface area contributed by atoms with Gasteiger partial charge in [-0.15, -0.1) is 0 Å². The molecule has 0 heterocycles. The molecule has 2 amide bonds. The van der Waals surface area contributed by atoms with Gasteiger partial charge in [0.05, 0.1) is 10.6 Å². The summed E-state index contributed by atoms with van der Waals surface area (Å²) >= 11 is 0. The largest absolute Gasteiger partial charge is 0.352 e. The third-order valence-corrected chi connectivity index (χ3v) is 8.35. The fourth-order valence-corrected chi connectivity index (χ4v) is 5.79. The van der Waals surface area contributed by atoms with Gasteiger partial charge in [0.1, 0.15) is 12.6 Å². The molecule has 0 saturated heterocycles. The van der Waals surface area contributed by atoms with E-state index in [4.69, 9.17) is 0 Å². The van der Waals surface area contributed by atoms with Gasteiger partial charge >= 0.3 is 0 Å². The lowest BCUT2D eigenvalue weighted by molar-refractivity contribution is -0.139. The highest BCUT2D eigenvalue weighted by atomic mass is 32.2. The summed E-state index contributed by atoms with van der Waals surface area (Å²) in [6.07, 6.45) is 0.